The summed E-state index contributed by atoms with van der Waals surface area (Å²) >= 11 is 0. The highest BCUT2D eigenvalue weighted by Crippen LogP contribution is 2.38. The molecule has 1 amide bonds. The Kier molecular flexibility index (Phi) is 5.95. The molecule has 5 nitrogen and oxygen atoms in total. The zero-order chi connectivity index (χ0) is 23.2. The average Bonchev–Trinajstić information content (AvgIpc) is 3.02. The van der Waals surface area contributed by atoms with Gasteiger partial charge in [-0.25, -0.2) is 0 Å². The molecule has 1 atom stereocenters. The van der Waals surface area contributed by atoms with Crippen LogP contribution in [0, 0.1) is 13.8 Å². The van der Waals surface area contributed by atoms with Crippen molar-refractivity contribution in [3.8, 4) is 0 Å². The van der Waals surface area contributed by atoms with E-state index in [9.17, 15) is 9.59 Å². The van der Waals surface area contributed by atoms with Crippen LogP contribution in [0.25, 0.3) is 11.0 Å². The van der Waals surface area contributed by atoms with Gasteiger partial charge in [-0.2, -0.15) is 0 Å². The Labute approximate surface area is 189 Å². The topological polar surface area (TPSA) is 55.0 Å². The number of nitrogens with one attached hydrogen (secondary N) is 1. The lowest BCUT2D eigenvalue weighted by Gasteiger charge is -2.25. The molecule has 2 heterocycles. The van der Waals surface area contributed by atoms with E-state index in [1.807, 2.05) is 30.9 Å². The van der Waals surface area contributed by atoms with E-state index in [2.05, 4.69) is 52.2 Å². The van der Waals surface area contributed by atoms with Crippen molar-refractivity contribution in [2.75, 3.05) is 27.2 Å². The maximum absolute atomic E-state index is 13.7. The second kappa shape index (κ2) is 8.55. The van der Waals surface area contributed by atoms with E-state index in [1.54, 1.807) is 0 Å². The molecule has 0 saturated carbocycles. The Morgan fingerprint density at radius 2 is 1.69 bits per heavy atom. The van der Waals surface area contributed by atoms with Gasteiger partial charge in [0, 0.05) is 13.0 Å². The summed E-state index contributed by atoms with van der Waals surface area (Å²) in [6.07, 6.45) is 0.856. The van der Waals surface area contributed by atoms with Gasteiger partial charge >= 0.3 is 0 Å². The van der Waals surface area contributed by atoms with Crippen molar-refractivity contribution in [3.05, 3.63) is 80.2 Å². The minimum absolute atomic E-state index is 0.101. The number of aryl methyl sites for hydroxylation is 2. The number of benzene rings is 2. The smallest absolute Gasteiger partial charge is 0.290 e. The molecule has 0 saturated heterocycles. The first-order valence-electron chi connectivity index (χ1n) is 11.5. The summed E-state index contributed by atoms with van der Waals surface area (Å²) in [4.78, 5) is 30.3. The number of hydrogen-bond acceptors (Lipinski definition) is 3. The molecule has 3 aromatic rings. The molecule has 0 radical (unpaired) electrons. The lowest BCUT2D eigenvalue weighted by Crippen LogP contribution is -3.05. The molecule has 0 spiro atoms. The van der Waals surface area contributed by atoms with E-state index < -0.39 is 6.04 Å². The maximum atomic E-state index is 13.7. The normalized spacial score (nSPS) is 15.9. The molecule has 32 heavy (non-hydrogen) atoms. The Morgan fingerprint density at radius 1 is 1.03 bits per heavy atom. The molecule has 4 rings (SSSR count). The van der Waals surface area contributed by atoms with Gasteiger partial charge in [-0.05, 0) is 54.2 Å². The van der Waals surface area contributed by atoms with Gasteiger partial charge in [-0.15, -0.1) is 0 Å². The van der Waals surface area contributed by atoms with Crippen LogP contribution in [0.15, 0.2) is 45.6 Å². The largest absolute Gasteiger partial charge is 0.450 e. The van der Waals surface area contributed by atoms with E-state index in [0.717, 1.165) is 29.7 Å². The number of hydrogen-bond donors (Lipinski definition) is 1. The van der Waals surface area contributed by atoms with Gasteiger partial charge in [0.25, 0.3) is 5.91 Å². The molecule has 0 aliphatic carbocycles. The lowest BCUT2D eigenvalue weighted by atomic mass is 9.95. The monoisotopic (exact) mass is 433 g/mol. The first-order chi connectivity index (χ1) is 15.2. The standard InChI is InChI=1S/C27H32N2O3/c1-16(2)19-8-10-20(11-9-19)24-23-25(30)21-14-17(3)18(4)15-22(21)32-26(23)27(31)29(24)13-7-12-28(5)6/h8-11,14-16,24H,7,12-13H2,1-6H3/p+1/t24-/m1/s1. The third kappa shape index (κ3) is 3.86. The summed E-state index contributed by atoms with van der Waals surface area (Å²) in [5, 5.41) is 0.544. The second-order valence-corrected chi connectivity index (χ2v) is 9.64. The fourth-order valence-corrected chi connectivity index (χ4v) is 4.52. The van der Waals surface area contributed by atoms with Gasteiger partial charge in [-0.3, -0.25) is 9.59 Å². The molecular formula is C27H33N2O3+. The van der Waals surface area contributed by atoms with Crippen LogP contribution in [0.2, 0.25) is 0 Å². The van der Waals surface area contributed by atoms with Crippen LogP contribution in [0.4, 0.5) is 0 Å². The highest BCUT2D eigenvalue weighted by molar-refractivity contribution is 5.99. The number of quaternary nitrogens is 1. The zero-order valence-corrected chi connectivity index (χ0v) is 19.9. The number of carbonyl (C=O) groups is 1. The number of carbonyl (C=O) groups excluding carboxylic acids is 1. The van der Waals surface area contributed by atoms with Crippen molar-refractivity contribution < 1.29 is 14.1 Å². The first kappa shape index (κ1) is 22.3. The van der Waals surface area contributed by atoms with Gasteiger partial charge in [0.15, 0.2) is 5.43 Å². The lowest BCUT2D eigenvalue weighted by molar-refractivity contribution is -0.858. The molecule has 0 bridgehead atoms. The van der Waals surface area contributed by atoms with Crippen molar-refractivity contribution in [1.29, 1.82) is 0 Å². The Bertz CT molecular complexity index is 1220. The zero-order valence-electron chi connectivity index (χ0n) is 19.9. The van der Waals surface area contributed by atoms with Crippen molar-refractivity contribution in [1.82, 2.24) is 4.90 Å². The Morgan fingerprint density at radius 3 is 2.31 bits per heavy atom. The van der Waals surface area contributed by atoms with E-state index >= 15 is 0 Å². The van der Waals surface area contributed by atoms with Crippen LogP contribution in [0.3, 0.4) is 0 Å². The summed E-state index contributed by atoms with van der Waals surface area (Å²) in [5.74, 6) is 0.422. The summed E-state index contributed by atoms with van der Waals surface area (Å²) in [5.41, 5.74) is 5.12. The molecular weight excluding hydrogens is 400 g/mol. The van der Waals surface area contributed by atoms with Gasteiger partial charge in [0.05, 0.1) is 37.6 Å². The van der Waals surface area contributed by atoms with Gasteiger partial charge < -0.3 is 14.2 Å². The molecule has 5 heteroatoms. The fourth-order valence-electron chi connectivity index (χ4n) is 4.52. The average molecular weight is 434 g/mol. The third-order valence-electron chi connectivity index (χ3n) is 6.58. The van der Waals surface area contributed by atoms with Crippen molar-refractivity contribution >= 4 is 16.9 Å². The van der Waals surface area contributed by atoms with E-state index in [-0.39, 0.29) is 17.1 Å². The van der Waals surface area contributed by atoms with Crippen molar-refractivity contribution in [3.63, 3.8) is 0 Å². The summed E-state index contributed by atoms with van der Waals surface area (Å²) in [7, 11) is 4.20. The van der Waals surface area contributed by atoms with E-state index in [1.165, 1.54) is 10.5 Å². The van der Waals surface area contributed by atoms with E-state index in [0.29, 0.717) is 29.0 Å². The first-order valence-corrected chi connectivity index (χ1v) is 11.5. The number of nitrogens with zero attached hydrogens (tertiary/aromatic N) is 1. The summed E-state index contributed by atoms with van der Waals surface area (Å²) in [6.45, 7) is 9.82. The Hall–Kier alpha value is -2.92. The minimum atomic E-state index is -0.418. The van der Waals surface area contributed by atoms with Gasteiger partial charge in [0.2, 0.25) is 5.76 Å². The highest BCUT2D eigenvalue weighted by atomic mass is 16.3. The predicted molar refractivity (Wildman–Crippen MR) is 128 cm³/mol. The molecule has 0 fully saturated rings. The number of rotatable bonds is 6. The third-order valence-corrected chi connectivity index (χ3v) is 6.58. The maximum Gasteiger partial charge on any atom is 0.290 e. The molecule has 168 valence electrons. The molecule has 1 aromatic heterocycles. The number of fused-ring (bicyclic) bond motifs is 2. The van der Waals surface area contributed by atoms with Crippen molar-refractivity contribution in [2.45, 2.75) is 46.1 Å². The van der Waals surface area contributed by atoms with Gasteiger partial charge in [0.1, 0.15) is 5.58 Å². The fraction of sp³-hybridized carbons (Fsp3) is 0.407. The van der Waals surface area contributed by atoms with E-state index in [4.69, 9.17) is 4.42 Å². The van der Waals surface area contributed by atoms with Gasteiger partial charge in [-0.1, -0.05) is 38.1 Å². The summed E-state index contributed by atoms with van der Waals surface area (Å²) in [6, 6.07) is 11.6. The molecule has 2 aromatic carbocycles. The minimum Gasteiger partial charge on any atom is -0.450 e. The van der Waals surface area contributed by atoms with Crippen LogP contribution in [0.1, 0.15) is 70.6 Å². The molecule has 0 unspecified atom stereocenters. The predicted octanol–water partition coefficient (Wildman–Crippen LogP) is 3.61. The molecule has 1 N–H and O–H groups in total. The Balaban J connectivity index is 1.88. The summed E-state index contributed by atoms with van der Waals surface area (Å²) < 4.78 is 6.11. The molecule has 1 aliphatic rings. The second-order valence-electron chi connectivity index (χ2n) is 9.64. The highest BCUT2D eigenvalue weighted by Gasteiger charge is 2.42. The number of amides is 1. The van der Waals surface area contributed by atoms with Crippen LogP contribution in [-0.4, -0.2) is 38.0 Å². The SMILES string of the molecule is Cc1cc2oc3c(c(=O)c2cc1C)[C@@H](c1ccc(C(C)C)cc1)N(CCC[NH+](C)C)C3=O. The van der Waals surface area contributed by atoms with Crippen LogP contribution < -0.4 is 10.3 Å². The van der Waals surface area contributed by atoms with Crippen LogP contribution >= 0.6 is 0 Å². The van der Waals surface area contributed by atoms with Crippen LogP contribution in [-0.2, 0) is 0 Å². The van der Waals surface area contributed by atoms with Crippen molar-refractivity contribution in [2.24, 2.45) is 0 Å². The quantitative estimate of drug-likeness (QED) is 0.646. The molecule has 1 aliphatic heterocycles. The van der Waals surface area contributed by atoms with Crippen LogP contribution in [0.5, 0.6) is 0 Å².